The molecule has 2 rings (SSSR count). The highest BCUT2D eigenvalue weighted by molar-refractivity contribution is 6.31. The van der Waals surface area contributed by atoms with Crippen LogP contribution in [0.5, 0.6) is 0 Å². The Morgan fingerprint density at radius 2 is 2.11 bits per heavy atom. The number of rotatable bonds is 2. The van der Waals surface area contributed by atoms with Gasteiger partial charge in [0.25, 0.3) is 0 Å². The van der Waals surface area contributed by atoms with Crippen LogP contribution < -0.4 is 11.1 Å². The van der Waals surface area contributed by atoms with Crippen LogP contribution in [-0.4, -0.2) is 11.4 Å². The van der Waals surface area contributed by atoms with Crippen LogP contribution in [0.4, 0.5) is 5.69 Å². The van der Waals surface area contributed by atoms with Crippen molar-refractivity contribution >= 4 is 23.2 Å². The molecule has 0 saturated heterocycles. The number of benzene rings is 1. The SMILES string of the molecule is N#Cc1ccc(Cl)cc1NC(=O)C1(N)CCCC1. The van der Waals surface area contributed by atoms with Crippen LogP contribution >= 0.6 is 11.6 Å². The lowest BCUT2D eigenvalue weighted by atomic mass is 9.98. The van der Waals surface area contributed by atoms with Crippen molar-refractivity contribution in [2.45, 2.75) is 31.2 Å². The average molecular weight is 264 g/mol. The number of nitriles is 1. The van der Waals surface area contributed by atoms with Gasteiger partial charge in [-0.05, 0) is 31.0 Å². The van der Waals surface area contributed by atoms with E-state index in [-0.39, 0.29) is 5.91 Å². The first kappa shape index (κ1) is 12.9. The van der Waals surface area contributed by atoms with E-state index >= 15 is 0 Å². The first-order chi connectivity index (χ1) is 8.55. The molecule has 1 aliphatic rings. The van der Waals surface area contributed by atoms with E-state index in [1.54, 1.807) is 18.2 Å². The fourth-order valence-electron chi connectivity index (χ4n) is 2.20. The van der Waals surface area contributed by atoms with Crippen LogP contribution in [0.3, 0.4) is 0 Å². The Bertz CT molecular complexity index is 515. The zero-order chi connectivity index (χ0) is 13.2. The van der Waals surface area contributed by atoms with Gasteiger partial charge in [0.2, 0.25) is 5.91 Å². The maximum atomic E-state index is 12.1. The Morgan fingerprint density at radius 1 is 1.44 bits per heavy atom. The third-order valence-electron chi connectivity index (χ3n) is 3.30. The molecular formula is C13H14ClN3O. The van der Waals surface area contributed by atoms with Crippen molar-refractivity contribution in [3.05, 3.63) is 28.8 Å². The van der Waals surface area contributed by atoms with Gasteiger partial charge in [-0.3, -0.25) is 4.79 Å². The molecule has 1 fully saturated rings. The van der Waals surface area contributed by atoms with E-state index in [0.717, 1.165) is 12.8 Å². The predicted octanol–water partition coefficient (Wildman–Crippen LogP) is 2.42. The summed E-state index contributed by atoms with van der Waals surface area (Å²) < 4.78 is 0. The maximum Gasteiger partial charge on any atom is 0.244 e. The monoisotopic (exact) mass is 263 g/mol. The van der Waals surface area contributed by atoms with E-state index in [4.69, 9.17) is 22.6 Å². The Balaban J connectivity index is 2.21. The van der Waals surface area contributed by atoms with E-state index in [0.29, 0.717) is 29.1 Å². The number of hydrogen-bond donors (Lipinski definition) is 2. The van der Waals surface area contributed by atoms with Gasteiger partial charge >= 0.3 is 0 Å². The fourth-order valence-corrected chi connectivity index (χ4v) is 2.37. The van der Waals surface area contributed by atoms with Crippen LogP contribution in [0.25, 0.3) is 0 Å². The van der Waals surface area contributed by atoms with Crippen molar-refractivity contribution in [1.29, 1.82) is 5.26 Å². The number of anilines is 1. The number of nitrogens with two attached hydrogens (primary N) is 1. The third kappa shape index (κ3) is 2.47. The number of carbonyl (C=O) groups excluding carboxylic acids is 1. The Morgan fingerprint density at radius 3 is 2.72 bits per heavy atom. The average Bonchev–Trinajstić information content (AvgIpc) is 2.78. The molecule has 5 heteroatoms. The van der Waals surface area contributed by atoms with Crippen molar-refractivity contribution in [3.8, 4) is 6.07 Å². The number of halogens is 1. The van der Waals surface area contributed by atoms with Gasteiger partial charge in [-0.2, -0.15) is 5.26 Å². The second kappa shape index (κ2) is 4.97. The summed E-state index contributed by atoms with van der Waals surface area (Å²) in [6.45, 7) is 0. The van der Waals surface area contributed by atoms with Crippen molar-refractivity contribution in [3.63, 3.8) is 0 Å². The van der Waals surface area contributed by atoms with Gasteiger partial charge in [0.15, 0.2) is 0 Å². The molecule has 0 radical (unpaired) electrons. The normalized spacial score (nSPS) is 17.2. The largest absolute Gasteiger partial charge is 0.323 e. The zero-order valence-corrected chi connectivity index (χ0v) is 10.6. The summed E-state index contributed by atoms with van der Waals surface area (Å²) in [5.41, 5.74) is 6.05. The van der Waals surface area contributed by atoms with E-state index in [2.05, 4.69) is 5.32 Å². The molecule has 0 atom stereocenters. The van der Waals surface area contributed by atoms with Crippen molar-refractivity contribution < 1.29 is 4.79 Å². The van der Waals surface area contributed by atoms with E-state index in [9.17, 15) is 4.79 Å². The van der Waals surface area contributed by atoms with Gasteiger partial charge in [0.05, 0.1) is 16.8 Å². The van der Waals surface area contributed by atoms with Crippen LogP contribution in [0.1, 0.15) is 31.2 Å². The lowest BCUT2D eigenvalue weighted by Gasteiger charge is -2.22. The Hall–Kier alpha value is -1.57. The molecular weight excluding hydrogens is 250 g/mol. The van der Waals surface area contributed by atoms with Crippen LogP contribution in [-0.2, 0) is 4.79 Å². The summed E-state index contributed by atoms with van der Waals surface area (Å²) in [4.78, 5) is 12.1. The van der Waals surface area contributed by atoms with E-state index < -0.39 is 5.54 Å². The molecule has 0 aromatic heterocycles. The molecule has 1 aromatic carbocycles. The predicted molar refractivity (Wildman–Crippen MR) is 70.2 cm³/mol. The number of nitrogens with zero attached hydrogens (tertiary/aromatic N) is 1. The highest BCUT2D eigenvalue weighted by Crippen LogP contribution is 2.29. The Labute approximate surface area is 111 Å². The van der Waals surface area contributed by atoms with Crippen molar-refractivity contribution in [2.75, 3.05) is 5.32 Å². The molecule has 0 bridgehead atoms. The summed E-state index contributed by atoms with van der Waals surface area (Å²) in [6, 6.07) is 6.78. The molecule has 4 nitrogen and oxygen atoms in total. The molecule has 1 amide bonds. The summed E-state index contributed by atoms with van der Waals surface area (Å²) in [7, 11) is 0. The van der Waals surface area contributed by atoms with Gasteiger partial charge in [-0.25, -0.2) is 0 Å². The first-order valence-electron chi connectivity index (χ1n) is 5.85. The summed E-state index contributed by atoms with van der Waals surface area (Å²) in [5, 5.41) is 12.2. The minimum absolute atomic E-state index is 0.237. The highest BCUT2D eigenvalue weighted by atomic mass is 35.5. The molecule has 1 saturated carbocycles. The topological polar surface area (TPSA) is 78.9 Å². The fraction of sp³-hybridized carbons (Fsp3) is 0.385. The molecule has 3 N–H and O–H groups in total. The van der Waals surface area contributed by atoms with E-state index in [1.165, 1.54) is 0 Å². The molecule has 94 valence electrons. The highest BCUT2D eigenvalue weighted by Gasteiger charge is 2.37. The third-order valence-corrected chi connectivity index (χ3v) is 3.53. The number of hydrogen-bond acceptors (Lipinski definition) is 3. The van der Waals surface area contributed by atoms with E-state index in [1.807, 2.05) is 6.07 Å². The second-order valence-corrected chi connectivity index (χ2v) is 5.06. The van der Waals surface area contributed by atoms with Crippen LogP contribution in [0, 0.1) is 11.3 Å². The number of carbonyl (C=O) groups is 1. The number of nitrogens with one attached hydrogen (secondary N) is 1. The molecule has 0 aliphatic heterocycles. The molecule has 1 aromatic rings. The summed E-state index contributed by atoms with van der Waals surface area (Å²) >= 11 is 5.86. The molecule has 0 spiro atoms. The smallest absolute Gasteiger partial charge is 0.244 e. The molecule has 18 heavy (non-hydrogen) atoms. The summed E-state index contributed by atoms with van der Waals surface area (Å²) in [6.07, 6.45) is 3.29. The second-order valence-electron chi connectivity index (χ2n) is 4.62. The lowest BCUT2D eigenvalue weighted by Crippen LogP contribution is -2.48. The molecule has 0 unspecified atom stereocenters. The van der Waals surface area contributed by atoms with Gasteiger partial charge in [0, 0.05) is 5.02 Å². The minimum Gasteiger partial charge on any atom is -0.323 e. The quantitative estimate of drug-likeness (QED) is 0.860. The van der Waals surface area contributed by atoms with Gasteiger partial charge in [-0.15, -0.1) is 0 Å². The van der Waals surface area contributed by atoms with Crippen molar-refractivity contribution in [2.24, 2.45) is 5.73 Å². The van der Waals surface area contributed by atoms with Crippen molar-refractivity contribution in [1.82, 2.24) is 0 Å². The maximum absolute atomic E-state index is 12.1. The molecule has 0 heterocycles. The summed E-state index contributed by atoms with van der Waals surface area (Å²) in [5.74, 6) is -0.237. The van der Waals surface area contributed by atoms with Gasteiger partial charge in [-0.1, -0.05) is 24.4 Å². The number of amides is 1. The zero-order valence-electron chi connectivity index (χ0n) is 9.87. The standard InChI is InChI=1S/C13H14ClN3O/c14-10-4-3-9(8-15)11(7-10)17-12(18)13(16)5-1-2-6-13/h3-4,7H,1-2,5-6,16H2,(H,17,18). The minimum atomic E-state index is -0.810. The van der Waals surface area contributed by atoms with Crippen LogP contribution in [0.15, 0.2) is 18.2 Å². The van der Waals surface area contributed by atoms with Crippen LogP contribution in [0.2, 0.25) is 5.02 Å². The Kier molecular flexibility index (Phi) is 3.55. The lowest BCUT2D eigenvalue weighted by molar-refractivity contribution is -0.121. The van der Waals surface area contributed by atoms with Gasteiger partial charge in [0.1, 0.15) is 6.07 Å². The first-order valence-corrected chi connectivity index (χ1v) is 6.23. The molecule has 1 aliphatic carbocycles. The van der Waals surface area contributed by atoms with Gasteiger partial charge < -0.3 is 11.1 Å².